The van der Waals surface area contributed by atoms with E-state index in [4.69, 9.17) is 23.2 Å². The SMILES string of the molecule is CSc1nc(C(c2ccc(Cl)c(F)c2)c2ccc(Cl)c(F)c2)[nH]c1C. The van der Waals surface area contributed by atoms with Crippen molar-refractivity contribution in [3.63, 3.8) is 0 Å². The lowest BCUT2D eigenvalue weighted by Crippen LogP contribution is -2.07. The van der Waals surface area contributed by atoms with Gasteiger partial charge in [-0.15, -0.1) is 11.8 Å². The molecule has 1 N–H and O–H groups in total. The minimum atomic E-state index is -0.535. The fourth-order valence-electron chi connectivity index (χ4n) is 2.69. The van der Waals surface area contributed by atoms with Crippen LogP contribution in [-0.2, 0) is 0 Å². The summed E-state index contributed by atoms with van der Waals surface area (Å²) in [6.45, 7) is 1.91. The summed E-state index contributed by atoms with van der Waals surface area (Å²) >= 11 is 13.1. The molecule has 0 atom stereocenters. The van der Waals surface area contributed by atoms with Gasteiger partial charge in [0.2, 0.25) is 0 Å². The van der Waals surface area contributed by atoms with Crippen LogP contribution in [0.5, 0.6) is 0 Å². The fourth-order valence-corrected chi connectivity index (χ4v) is 3.48. The third-order valence-electron chi connectivity index (χ3n) is 3.88. The number of aromatic nitrogens is 2. The number of rotatable bonds is 4. The fraction of sp³-hybridized carbons (Fsp3) is 0.167. The highest BCUT2D eigenvalue weighted by atomic mass is 35.5. The van der Waals surface area contributed by atoms with Gasteiger partial charge in [0.15, 0.2) is 0 Å². The number of nitrogens with one attached hydrogen (secondary N) is 1. The maximum absolute atomic E-state index is 14.0. The lowest BCUT2D eigenvalue weighted by molar-refractivity contribution is 0.621. The first-order valence-corrected chi connectivity index (χ1v) is 9.39. The molecular weight excluding hydrogens is 385 g/mol. The molecule has 0 saturated heterocycles. The topological polar surface area (TPSA) is 28.7 Å². The Labute approximate surface area is 158 Å². The van der Waals surface area contributed by atoms with Crippen molar-refractivity contribution in [2.24, 2.45) is 0 Å². The van der Waals surface area contributed by atoms with Crippen molar-refractivity contribution in [3.05, 3.63) is 80.7 Å². The zero-order valence-corrected chi connectivity index (χ0v) is 15.7. The lowest BCUT2D eigenvalue weighted by Gasteiger charge is -2.17. The first kappa shape index (κ1) is 18.2. The molecule has 0 unspecified atom stereocenters. The summed E-state index contributed by atoms with van der Waals surface area (Å²) in [6.07, 6.45) is 1.92. The Hall–Kier alpha value is -1.56. The maximum atomic E-state index is 14.0. The van der Waals surface area contributed by atoms with Gasteiger partial charge < -0.3 is 4.98 Å². The Bertz CT molecular complexity index is 876. The van der Waals surface area contributed by atoms with Gasteiger partial charge in [0, 0.05) is 5.69 Å². The predicted octanol–water partition coefficient (Wildman–Crippen LogP) is 6.21. The van der Waals surface area contributed by atoms with E-state index in [9.17, 15) is 8.78 Å². The molecule has 2 nitrogen and oxygen atoms in total. The number of nitrogens with zero attached hydrogens (tertiary/aromatic N) is 1. The Morgan fingerprint density at radius 3 is 1.92 bits per heavy atom. The number of aryl methyl sites for hydroxylation is 1. The largest absolute Gasteiger partial charge is 0.344 e. The number of hydrogen-bond acceptors (Lipinski definition) is 2. The standard InChI is InChI=1S/C18H14Cl2F2N2S/c1-9-18(25-2)24-17(23-9)16(10-3-5-12(19)14(21)7-10)11-4-6-13(20)15(22)8-11/h3-8,16H,1-2H3,(H,23,24). The molecule has 0 fully saturated rings. The van der Waals surface area contributed by atoms with Crippen LogP contribution in [0.3, 0.4) is 0 Å². The van der Waals surface area contributed by atoms with Crippen LogP contribution in [0.1, 0.15) is 28.6 Å². The normalized spacial score (nSPS) is 11.3. The zero-order valence-electron chi connectivity index (χ0n) is 13.4. The number of benzene rings is 2. The number of thioether (sulfide) groups is 1. The maximum Gasteiger partial charge on any atom is 0.142 e. The van der Waals surface area contributed by atoms with Crippen LogP contribution >= 0.6 is 35.0 Å². The molecule has 0 aliphatic heterocycles. The van der Waals surface area contributed by atoms with Crippen LogP contribution in [0.25, 0.3) is 0 Å². The van der Waals surface area contributed by atoms with E-state index in [0.717, 1.165) is 10.7 Å². The Morgan fingerprint density at radius 1 is 1.00 bits per heavy atom. The Kier molecular flexibility index (Phi) is 5.37. The molecule has 2 aromatic carbocycles. The van der Waals surface area contributed by atoms with Crippen LogP contribution < -0.4 is 0 Å². The van der Waals surface area contributed by atoms with Crippen molar-refractivity contribution in [2.75, 3.05) is 6.26 Å². The lowest BCUT2D eigenvalue weighted by atomic mass is 9.90. The minimum Gasteiger partial charge on any atom is -0.344 e. The highest BCUT2D eigenvalue weighted by Crippen LogP contribution is 2.34. The number of imidazole rings is 1. The molecule has 0 saturated carbocycles. The van der Waals surface area contributed by atoms with Crippen molar-refractivity contribution < 1.29 is 8.78 Å². The Morgan fingerprint density at radius 2 is 1.52 bits per heavy atom. The minimum absolute atomic E-state index is 0.0326. The van der Waals surface area contributed by atoms with Gasteiger partial charge in [0.05, 0.1) is 16.0 Å². The molecule has 0 amide bonds. The van der Waals surface area contributed by atoms with Crippen molar-refractivity contribution >= 4 is 35.0 Å². The van der Waals surface area contributed by atoms with Gasteiger partial charge in [-0.25, -0.2) is 13.8 Å². The van der Waals surface area contributed by atoms with Crippen LogP contribution in [0.15, 0.2) is 41.4 Å². The van der Waals surface area contributed by atoms with Crippen molar-refractivity contribution in [1.29, 1.82) is 0 Å². The number of aromatic amines is 1. The average molecular weight is 399 g/mol. The second kappa shape index (κ2) is 7.36. The zero-order chi connectivity index (χ0) is 18.1. The molecule has 0 radical (unpaired) electrons. The molecule has 7 heteroatoms. The van der Waals surface area contributed by atoms with E-state index in [1.54, 1.807) is 12.1 Å². The van der Waals surface area contributed by atoms with E-state index in [1.807, 2.05) is 13.2 Å². The second-order valence-corrected chi connectivity index (χ2v) is 7.15. The van der Waals surface area contributed by atoms with E-state index < -0.39 is 17.6 Å². The van der Waals surface area contributed by atoms with Crippen LogP contribution in [0, 0.1) is 18.6 Å². The van der Waals surface area contributed by atoms with Gasteiger partial charge in [0.1, 0.15) is 22.5 Å². The summed E-state index contributed by atoms with van der Waals surface area (Å²) in [7, 11) is 0. The first-order valence-electron chi connectivity index (χ1n) is 7.41. The molecule has 1 heterocycles. The first-order chi connectivity index (χ1) is 11.9. The molecule has 25 heavy (non-hydrogen) atoms. The van der Waals surface area contributed by atoms with Gasteiger partial charge in [0.25, 0.3) is 0 Å². The van der Waals surface area contributed by atoms with Crippen LogP contribution in [0.2, 0.25) is 10.0 Å². The van der Waals surface area contributed by atoms with Gasteiger partial charge in [-0.05, 0) is 48.6 Å². The predicted molar refractivity (Wildman–Crippen MR) is 98.9 cm³/mol. The third-order valence-corrected chi connectivity index (χ3v) is 5.28. The van der Waals surface area contributed by atoms with Crippen LogP contribution in [-0.4, -0.2) is 16.2 Å². The summed E-state index contributed by atoms with van der Waals surface area (Å²) in [4.78, 5) is 7.80. The molecule has 3 rings (SSSR count). The Balaban J connectivity index is 2.19. The van der Waals surface area contributed by atoms with E-state index in [2.05, 4.69) is 9.97 Å². The van der Waals surface area contributed by atoms with Gasteiger partial charge >= 0.3 is 0 Å². The van der Waals surface area contributed by atoms with E-state index in [0.29, 0.717) is 17.0 Å². The quantitative estimate of drug-likeness (QED) is 0.529. The monoisotopic (exact) mass is 398 g/mol. The second-order valence-electron chi connectivity index (χ2n) is 5.54. The van der Waals surface area contributed by atoms with Crippen molar-refractivity contribution in [2.45, 2.75) is 17.9 Å². The van der Waals surface area contributed by atoms with E-state index in [1.165, 1.54) is 36.0 Å². The summed E-state index contributed by atoms with van der Waals surface area (Å²) in [5.74, 6) is -0.942. The summed E-state index contributed by atoms with van der Waals surface area (Å²) < 4.78 is 28.0. The van der Waals surface area contributed by atoms with Gasteiger partial charge in [-0.1, -0.05) is 35.3 Å². The molecule has 3 aromatic rings. The summed E-state index contributed by atoms with van der Waals surface area (Å²) in [5.41, 5.74) is 2.13. The highest BCUT2D eigenvalue weighted by molar-refractivity contribution is 7.98. The summed E-state index contributed by atoms with van der Waals surface area (Å²) in [5, 5.41) is 0.902. The number of halogens is 4. The molecular formula is C18H14Cl2F2N2S. The van der Waals surface area contributed by atoms with Gasteiger partial charge in [-0.2, -0.15) is 0 Å². The van der Waals surface area contributed by atoms with Crippen molar-refractivity contribution in [3.8, 4) is 0 Å². The molecule has 0 bridgehead atoms. The van der Waals surface area contributed by atoms with Gasteiger partial charge in [-0.3, -0.25) is 0 Å². The smallest absolute Gasteiger partial charge is 0.142 e. The molecule has 130 valence electrons. The summed E-state index contributed by atoms with van der Waals surface area (Å²) in [6, 6.07) is 9.07. The van der Waals surface area contributed by atoms with E-state index in [-0.39, 0.29) is 10.0 Å². The number of hydrogen-bond donors (Lipinski definition) is 1. The molecule has 0 aliphatic carbocycles. The highest BCUT2D eigenvalue weighted by Gasteiger charge is 2.23. The average Bonchev–Trinajstić information content (AvgIpc) is 2.95. The molecule has 0 spiro atoms. The van der Waals surface area contributed by atoms with E-state index >= 15 is 0 Å². The molecule has 1 aromatic heterocycles. The number of H-pyrrole nitrogens is 1. The van der Waals surface area contributed by atoms with Crippen molar-refractivity contribution in [1.82, 2.24) is 9.97 Å². The van der Waals surface area contributed by atoms with Crippen LogP contribution in [0.4, 0.5) is 8.78 Å². The molecule has 0 aliphatic rings. The third kappa shape index (κ3) is 3.68.